The minimum Gasteiger partial charge on any atom is -0.495 e. The van der Waals surface area contributed by atoms with Gasteiger partial charge in [0.25, 0.3) is 0 Å². The van der Waals surface area contributed by atoms with Crippen LogP contribution in [0.4, 0.5) is 4.79 Å². The van der Waals surface area contributed by atoms with Crippen molar-refractivity contribution in [3.05, 3.63) is 35.5 Å². The predicted molar refractivity (Wildman–Crippen MR) is 89.7 cm³/mol. The Morgan fingerprint density at radius 2 is 2.20 bits per heavy atom. The second-order valence-electron chi connectivity index (χ2n) is 6.72. The third kappa shape index (κ3) is 2.82. The van der Waals surface area contributed by atoms with Crippen molar-refractivity contribution in [1.82, 2.24) is 25.7 Å². The van der Waals surface area contributed by atoms with Gasteiger partial charge in [0.15, 0.2) is 5.88 Å². The minimum absolute atomic E-state index is 0.0159. The first-order valence-electron chi connectivity index (χ1n) is 8.56. The van der Waals surface area contributed by atoms with E-state index in [1.807, 2.05) is 10.9 Å². The number of urea groups is 1. The summed E-state index contributed by atoms with van der Waals surface area (Å²) >= 11 is 0. The summed E-state index contributed by atoms with van der Waals surface area (Å²) in [5.74, 6) is 0.486. The van der Waals surface area contributed by atoms with Crippen LogP contribution in [-0.2, 0) is 0 Å². The Labute approximate surface area is 145 Å². The number of aromatic nitrogens is 2. The fourth-order valence-electron chi connectivity index (χ4n) is 3.98. The van der Waals surface area contributed by atoms with Crippen LogP contribution in [0.25, 0.3) is 5.70 Å². The zero-order valence-electron chi connectivity index (χ0n) is 13.7. The molecule has 2 atom stereocenters. The van der Waals surface area contributed by atoms with E-state index in [9.17, 15) is 15.2 Å². The number of fused-ring (bicyclic) bond motifs is 1. The van der Waals surface area contributed by atoms with E-state index in [1.165, 1.54) is 12.8 Å². The van der Waals surface area contributed by atoms with Gasteiger partial charge >= 0.3 is 6.03 Å². The molecule has 2 aliphatic heterocycles. The van der Waals surface area contributed by atoms with Crippen molar-refractivity contribution < 1.29 is 9.90 Å². The van der Waals surface area contributed by atoms with Crippen LogP contribution in [0.2, 0.25) is 0 Å². The molecule has 0 bridgehead atoms. The molecule has 2 unspecified atom stereocenters. The lowest BCUT2D eigenvalue weighted by Crippen LogP contribution is -2.51. The summed E-state index contributed by atoms with van der Waals surface area (Å²) in [6, 6.07) is 2.00. The number of rotatable bonds is 4. The Bertz CT molecular complexity index is 796. The van der Waals surface area contributed by atoms with Gasteiger partial charge in [0.2, 0.25) is 0 Å². The van der Waals surface area contributed by atoms with Crippen molar-refractivity contribution in [2.24, 2.45) is 5.92 Å². The van der Waals surface area contributed by atoms with Crippen molar-refractivity contribution >= 4 is 11.7 Å². The molecule has 1 saturated carbocycles. The molecule has 1 aromatic heterocycles. The highest BCUT2D eigenvalue weighted by molar-refractivity contribution is 5.91. The first-order chi connectivity index (χ1) is 12.2. The molecule has 0 aromatic carbocycles. The highest BCUT2D eigenvalue weighted by Gasteiger charge is 2.32. The molecule has 3 aliphatic rings. The van der Waals surface area contributed by atoms with Crippen LogP contribution in [0.15, 0.2) is 29.9 Å². The van der Waals surface area contributed by atoms with Gasteiger partial charge in [-0.2, -0.15) is 10.4 Å². The number of carbonyl (C=O) groups is 1. The average Bonchev–Trinajstić information content (AvgIpc) is 3.32. The molecule has 0 saturated heterocycles. The summed E-state index contributed by atoms with van der Waals surface area (Å²) in [6.45, 7) is 0. The van der Waals surface area contributed by atoms with Crippen LogP contribution in [-0.4, -0.2) is 27.1 Å². The number of amides is 2. The molecule has 4 N–H and O–H groups in total. The maximum absolute atomic E-state index is 11.9. The minimum atomic E-state index is -0.447. The van der Waals surface area contributed by atoms with E-state index in [0.29, 0.717) is 18.0 Å². The first-order valence-corrected chi connectivity index (χ1v) is 8.56. The number of hydrogen-bond donors (Lipinski definition) is 4. The zero-order valence-corrected chi connectivity index (χ0v) is 13.7. The Kier molecular flexibility index (Phi) is 3.84. The highest BCUT2D eigenvalue weighted by atomic mass is 16.3. The van der Waals surface area contributed by atoms with Crippen molar-refractivity contribution in [2.75, 3.05) is 0 Å². The molecular formula is C17H20N6O2. The second-order valence-corrected chi connectivity index (χ2v) is 6.72. The van der Waals surface area contributed by atoms with Crippen molar-refractivity contribution in [2.45, 2.75) is 44.3 Å². The third-order valence-electron chi connectivity index (χ3n) is 5.17. The van der Waals surface area contributed by atoms with Gasteiger partial charge in [-0.05, 0) is 18.8 Å². The van der Waals surface area contributed by atoms with Crippen LogP contribution in [0.1, 0.15) is 43.7 Å². The standard InChI is InChI=1S/C17H20N6O2/c18-6-5-13(10-3-1-2-4-10)23-9-11(8-19-23)15-12-7-14(24)20-16(12)22-17(25)21-15/h7-10,13,16,20,24H,1-5H2,(H2,21,22,25). The van der Waals surface area contributed by atoms with Gasteiger partial charge in [-0.3, -0.25) is 4.68 Å². The molecule has 0 radical (unpaired) electrons. The van der Waals surface area contributed by atoms with E-state index in [-0.39, 0.29) is 18.0 Å². The van der Waals surface area contributed by atoms with Gasteiger partial charge in [-0.25, -0.2) is 4.79 Å². The Morgan fingerprint density at radius 1 is 1.40 bits per heavy atom. The normalized spacial score (nSPS) is 24.0. The van der Waals surface area contributed by atoms with E-state index < -0.39 is 6.17 Å². The van der Waals surface area contributed by atoms with Crippen LogP contribution in [0, 0.1) is 17.2 Å². The zero-order chi connectivity index (χ0) is 17.4. The van der Waals surface area contributed by atoms with E-state index in [4.69, 9.17) is 0 Å². The fraction of sp³-hybridized carbons (Fsp3) is 0.471. The maximum Gasteiger partial charge on any atom is 0.321 e. The van der Waals surface area contributed by atoms with Gasteiger partial charge in [0.1, 0.15) is 6.17 Å². The van der Waals surface area contributed by atoms with Crippen molar-refractivity contribution in [3.63, 3.8) is 0 Å². The molecule has 1 aliphatic carbocycles. The number of nitriles is 1. The molecule has 130 valence electrons. The van der Waals surface area contributed by atoms with Gasteiger partial charge in [-0.1, -0.05) is 12.8 Å². The van der Waals surface area contributed by atoms with Gasteiger partial charge < -0.3 is 21.1 Å². The predicted octanol–water partition coefficient (Wildman–Crippen LogP) is 1.88. The maximum atomic E-state index is 11.9. The van der Waals surface area contributed by atoms with Crippen LogP contribution in [0.3, 0.4) is 0 Å². The highest BCUT2D eigenvalue weighted by Crippen LogP contribution is 2.36. The molecule has 25 heavy (non-hydrogen) atoms. The molecular weight excluding hydrogens is 320 g/mol. The summed E-state index contributed by atoms with van der Waals surface area (Å²) in [7, 11) is 0. The van der Waals surface area contributed by atoms with Gasteiger partial charge in [0, 0.05) is 23.4 Å². The first kappa shape index (κ1) is 15.6. The van der Waals surface area contributed by atoms with E-state index in [0.717, 1.165) is 24.0 Å². The van der Waals surface area contributed by atoms with Crippen molar-refractivity contribution in [3.8, 4) is 6.07 Å². The third-order valence-corrected chi connectivity index (χ3v) is 5.17. The quantitative estimate of drug-likeness (QED) is 0.668. The lowest BCUT2D eigenvalue weighted by molar-refractivity contribution is 0.238. The largest absolute Gasteiger partial charge is 0.495 e. The van der Waals surface area contributed by atoms with Crippen LogP contribution < -0.4 is 16.0 Å². The molecule has 3 heterocycles. The summed E-state index contributed by atoms with van der Waals surface area (Å²) in [6.07, 6.45) is 9.81. The lowest BCUT2D eigenvalue weighted by Gasteiger charge is -2.25. The molecule has 8 nitrogen and oxygen atoms in total. The summed E-state index contributed by atoms with van der Waals surface area (Å²) in [5, 5.41) is 31.7. The lowest BCUT2D eigenvalue weighted by atomic mass is 9.96. The SMILES string of the molecule is N#CCC(C1CCCC1)n1cc(C2=C3C=C(O)NC3NC(=O)N2)cn1. The second kappa shape index (κ2) is 6.16. The molecule has 1 fully saturated rings. The number of nitrogens with one attached hydrogen (secondary N) is 3. The molecule has 8 heteroatoms. The van der Waals surface area contributed by atoms with Gasteiger partial charge in [0.05, 0.1) is 30.4 Å². The average molecular weight is 340 g/mol. The number of nitrogens with zero attached hydrogens (tertiary/aromatic N) is 3. The fourth-order valence-corrected chi connectivity index (χ4v) is 3.98. The van der Waals surface area contributed by atoms with Crippen molar-refractivity contribution in [1.29, 1.82) is 5.26 Å². The Hall–Kier alpha value is -2.95. The van der Waals surface area contributed by atoms with Gasteiger partial charge in [-0.15, -0.1) is 0 Å². The number of hydrogen-bond acceptors (Lipinski definition) is 5. The number of aliphatic hydroxyl groups excluding tert-OH is 1. The monoisotopic (exact) mass is 340 g/mol. The summed E-state index contributed by atoms with van der Waals surface area (Å²) in [5.41, 5.74) is 2.15. The molecule has 2 amide bonds. The Balaban J connectivity index is 1.67. The molecule has 0 spiro atoms. The van der Waals surface area contributed by atoms with Crippen LogP contribution in [0.5, 0.6) is 0 Å². The number of aliphatic hydroxyl groups is 1. The molecule has 4 rings (SSSR count). The molecule has 1 aromatic rings. The summed E-state index contributed by atoms with van der Waals surface area (Å²) < 4.78 is 1.86. The number of carbonyl (C=O) groups excluding carboxylic acids is 1. The van der Waals surface area contributed by atoms with E-state index in [1.54, 1.807) is 12.3 Å². The summed E-state index contributed by atoms with van der Waals surface area (Å²) in [4.78, 5) is 11.9. The topological polar surface area (TPSA) is 115 Å². The van der Waals surface area contributed by atoms with Crippen LogP contribution >= 0.6 is 0 Å². The van der Waals surface area contributed by atoms with E-state index in [2.05, 4.69) is 27.1 Å². The smallest absolute Gasteiger partial charge is 0.321 e. The Morgan fingerprint density at radius 3 is 2.96 bits per heavy atom. The van der Waals surface area contributed by atoms with E-state index >= 15 is 0 Å².